The van der Waals surface area contributed by atoms with E-state index in [0.717, 1.165) is 24.8 Å². The van der Waals surface area contributed by atoms with Crippen molar-refractivity contribution in [3.8, 4) is 0 Å². The van der Waals surface area contributed by atoms with Gasteiger partial charge >= 0.3 is 5.97 Å². The Morgan fingerprint density at radius 2 is 2.00 bits per heavy atom. The maximum absolute atomic E-state index is 12.3. The molecule has 0 aromatic carbocycles. The largest absolute Gasteiger partial charge is 0.462 e. The summed E-state index contributed by atoms with van der Waals surface area (Å²) in [6.07, 6.45) is 8.72. The van der Waals surface area contributed by atoms with Crippen molar-refractivity contribution in [2.45, 2.75) is 71.8 Å². The van der Waals surface area contributed by atoms with Crippen LogP contribution in [0.1, 0.15) is 65.7 Å². The highest BCUT2D eigenvalue weighted by atomic mass is 16.5. The van der Waals surface area contributed by atoms with Crippen LogP contribution in [0.2, 0.25) is 0 Å². The van der Waals surface area contributed by atoms with Gasteiger partial charge in [0.05, 0.1) is 0 Å². The quantitative estimate of drug-likeness (QED) is 0.409. The molecule has 0 heterocycles. The van der Waals surface area contributed by atoms with E-state index in [9.17, 15) is 19.2 Å². The minimum Gasteiger partial charge on any atom is -0.462 e. The van der Waals surface area contributed by atoms with Gasteiger partial charge in [-0.25, -0.2) is 0 Å². The first kappa shape index (κ1) is 20.2. The summed E-state index contributed by atoms with van der Waals surface area (Å²) in [7, 11) is 0. The van der Waals surface area contributed by atoms with Crippen molar-refractivity contribution in [2.24, 2.45) is 28.6 Å². The number of hydrogen-bond acceptors (Lipinski definition) is 5. The molecule has 0 radical (unpaired) electrons. The Hall–Kier alpha value is -2.04. The number of fused-ring (bicyclic) bond motifs is 5. The first-order chi connectivity index (χ1) is 13.7. The van der Waals surface area contributed by atoms with Gasteiger partial charge in [0.25, 0.3) is 0 Å². The third kappa shape index (κ3) is 2.96. The van der Waals surface area contributed by atoms with Crippen LogP contribution in [0.15, 0.2) is 23.3 Å². The summed E-state index contributed by atoms with van der Waals surface area (Å²) in [6, 6.07) is 0. The molecular weight excluding hydrogens is 368 g/mol. The highest BCUT2D eigenvalue weighted by Gasteiger charge is 2.60. The van der Waals surface area contributed by atoms with Gasteiger partial charge in [-0.1, -0.05) is 38.5 Å². The number of hydrogen-bond donors (Lipinski definition) is 0. The van der Waals surface area contributed by atoms with Gasteiger partial charge in [-0.05, 0) is 42.9 Å². The Morgan fingerprint density at radius 1 is 1.24 bits per heavy atom. The fourth-order valence-electron chi connectivity index (χ4n) is 6.78. The molecule has 0 bridgehead atoms. The molecule has 3 saturated carbocycles. The topological polar surface area (TPSA) is 77.5 Å². The van der Waals surface area contributed by atoms with Crippen LogP contribution < -0.4 is 0 Å². The third-order valence-corrected chi connectivity index (χ3v) is 8.47. The minimum atomic E-state index is -0.469. The average Bonchev–Trinajstić information content (AvgIpc) is 3.05. The Kier molecular flexibility index (Phi) is 4.91. The smallest absolute Gasteiger partial charge is 0.305 e. The molecule has 0 aliphatic heterocycles. The third-order valence-electron chi connectivity index (χ3n) is 8.47. The fraction of sp³-hybridized carbons (Fsp3) is 0.667. The molecular formula is C24H30O5. The molecule has 6 atom stereocenters. The van der Waals surface area contributed by atoms with Gasteiger partial charge in [0.1, 0.15) is 11.9 Å². The number of carbonyl (C=O) groups excluding carboxylic acids is 4. The molecule has 0 N–H and O–H groups in total. The summed E-state index contributed by atoms with van der Waals surface area (Å²) in [5.74, 6) is 0.210. The molecule has 3 fully saturated rings. The van der Waals surface area contributed by atoms with Crippen molar-refractivity contribution in [1.29, 1.82) is 0 Å². The van der Waals surface area contributed by atoms with Gasteiger partial charge in [-0.3, -0.25) is 19.2 Å². The predicted octanol–water partition coefficient (Wildman–Crippen LogP) is 3.75. The molecule has 29 heavy (non-hydrogen) atoms. The second-order valence-corrected chi connectivity index (χ2v) is 9.75. The second kappa shape index (κ2) is 7.03. The molecule has 5 heteroatoms. The van der Waals surface area contributed by atoms with Crippen LogP contribution in [0.3, 0.4) is 0 Å². The number of ether oxygens (including phenoxy) is 1. The molecule has 0 aromatic rings. The maximum Gasteiger partial charge on any atom is 0.305 e. The SMILES string of the molecule is CCC(=O)O[C@@H]1CC2CC(=O)CC[C@]2(C)[C@H]2CC[C@]3(C)C(C(=O)C=O)=CC=C3[C@H]12. The highest BCUT2D eigenvalue weighted by Crippen LogP contribution is 2.65. The lowest BCUT2D eigenvalue weighted by Gasteiger charge is -2.60. The van der Waals surface area contributed by atoms with Crippen molar-refractivity contribution in [3.05, 3.63) is 23.3 Å². The van der Waals surface area contributed by atoms with E-state index >= 15 is 0 Å². The normalized spacial score (nSPS) is 40.7. The van der Waals surface area contributed by atoms with Gasteiger partial charge in [0, 0.05) is 36.2 Å². The van der Waals surface area contributed by atoms with E-state index in [-0.39, 0.29) is 29.3 Å². The molecule has 4 aliphatic carbocycles. The molecule has 156 valence electrons. The van der Waals surface area contributed by atoms with Gasteiger partial charge in [-0.2, -0.15) is 0 Å². The first-order valence-corrected chi connectivity index (χ1v) is 10.9. The van der Waals surface area contributed by atoms with Crippen molar-refractivity contribution >= 4 is 23.8 Å². The monoisotopic (exact) mass is 398 g/mol. The minimum absolute atomic E-state index is 0.0342. The molecule has 4 aliphatic rings. The molecule has 0 saturated heterocycles. The molecule has 1 unspecified atom stereocenters. The van der Waals surface area contributed by atoms with Crippen LogP contribution in [-0.2, 0) is 23.9 Å². The van der Waals surface area contributed by atoms with Crippen molar-refractivity contribution in [2.75, 3.05) is 0 Å². The first-order valence-electron chi connectivity index (χ1n) is 10.9. The van der Waals surface area contributed by atoms with Crippen molar-refractivity contribution in [3.63, 3.8) is 0 Å². The summed E-state index contributed by atoms with van der Waals surface area (Å²) < 4.78 is 5.95. The lowest BCUT2D eigenvalue weighted by atomic mass is 9.45. The number of rotatable bonds is 4. The van der Waals surface area contributed by atoms with E-state index in [1.54, 1.807) is 13.0 Å². The van der Waals surface area contributed by atoms with E-state index in [0.29, 0.717) is 49.2 Å². The molecule has 0 aromatic heterocycles. The molecule has 0 amide bonds. The van der Waals surface area contributed by atoms with Gasteiger partial charge in [0.15, 0.2) is 6.29 Å². The van der Waals surface area contributed by atoms with E-state index in [1.165, 1.54) is 0 Å². The van der Waals surface area contributed by atoms with Gasteiger partial charge < -0.3 is 4.74 Å². The van der Waals surface area contributed by atoms with Crippen LogP contribution in [0.25, 0.3) is 0 Å². The average molecular weight is 398 g/mol. The van der Waals surface area contributed by atoms with E-state index in [2.05, 4.69) is 6.92 Å². The predicted molar refractivity (Wildman–Crippen MR) is 107 cm³/mol. The van der Waals surface area contributed by atoms with Crippen LogP contribution in [0.5, 0.6) is 0 Å². The van der Waals surface area contributed by atoms with Gasteiger partial charge in [0.2, 0.25) is 5.78 Å². The number of allylic oxidation sites excluding steroid dienone is 3. The number of carbonyl (C=O) groups is 4. The van der Waals surface area contributed by atoms with Crippen LogP contribution in [-0.4, -0.2) is 29.9 Å². The highest BCUT2D eigenvalue weighted by molar-refractivity contribution is 6.33. The van der Waals surface area contributed by atoms with Crippen LogP contribution in [0, 0.1) is 28.6 Å². The fourth-order valence-corrected chi connectivity index (χ4v) is 6.78. The van der Waals surface area contributed by atoms with Crippen molar-refractivity contribution in [1.82, 2.24) is 0 Å². The molecule has 5 nitrogen and oxygen atoms in total. The Morgan fingerprint density at radius 3 is 2.69 bits per heavy atom. The molecule has 0 spiro atoms. The van der Waals surface area contributed by atoms with Crippen LogP contribution in [0.4, 0.5) is 0 Å². The lowest BCUT2D eigenvalue weighted by Crippen LogP contribution is -2.56. The van der Waals surface area contributed by atoms with Crippen LogP contribution >= 0.6 is 0 Å². The zero-order chi connectivity index (χ0) is 21.0. The van der Waals surface area contributed by atoms with E-state index in [4.69, 9.17) is 4.74 Å². The number of Topliss-reactive ketones (excluding diaryl/α,β-unsaturated/α-hetero) is 2. The number of aldehydes is 1. The Bertz CT molecular complexity index is 836. The summed E-state index contributed by atoms with van der Waals surface area (Å²) in [5, 5.41) is 0. The van der Waals surface area contributed by atoms with Gasteiger partial charge in [-0.15, -0.1) is 0 Å². The summed E-state index contributed by atoms with van der Waals surface area (Å²) in [5.41, 5.74) is 1.26. The Balaban J connectivity index is 1.73. The zero-order valence-electron chi connectivity index (χ0n) is 17.5. The summed E-state index contributed by atoms with van der Waals surface area (Å²) in [6.45, 7) is 6.15. The van der Waals surface area contributed by atoms with Crippen molar-refractivity contribution < 1.29 is 23.9 Å². The maximum atomic E-state index is 12.3. The zero-order valence-corrected chi connectivity index (χ0v) is 17.5. The lowest BCUT2D eigenvalue weighted by molar-refractivity contribution is -0.169. The molecule has 4 rings (SSSR count). The number of esters is 1. The standard InChI is InChI=1S/C24H30O5/c1-4-21(28)29-20-12-14-11-15(26)7-9-23(14,2)18-8-10-24(3)16(19(27)13-25)5-6-17(24)22(18)20/h5-6,13-14,18,20,22H,4,7-12H2,1-3H3/t14?,18-,20+,22-,23-,24+/m0/s1. The van der Waals surface area contributed by atoms with E-state index < -0.39 is 11.2 Å². The number of ketones is 2. The second-order valence-electron chi connectivity index (χ2n) is 9.75. The Labute approximate surface area is 171 Å². The summed E-state index contributed by atoms with van der Waals surface area (Å²) in [4.78, 5) is 47.9. The van der Waals surface area contributed by atoms with E-state index in [1.807, 2.05) is 13.0 Å². The summed E-state index contributed by atoms with van der Waals surface area (Å²) >= 11 is 0.